The molecular weight excluding hydrogens is 352 g/mol. The van der Waals surface area contributed by atoms with E-state index in [2.05, 4.69) is 4.98 Å². The molecule has 0 saturated heterocycles. The molecule has 0 atom stereocenters. The van der Waals surface area contributed by atoms with Crippen molar-refractivity contribution in [1.29, 1.82) is 0 Å². The van der Waals surface area contributed by atoms with Crippen LogP contribution in [0.2, 0.25) is 0 Å². The number of esters is 1. The summed E-state index contributed by atoms with van der Waals surface area (Å²) >= 11 is 1.44. The second kappa shape index (κ2) is 6.64. The molecule has 0 radical (unpaired) electrons. The van der Waals surface area contributed by atoms with E-state index < -0.39 is 5.97 Å². The number of para-hydroxylation sites is 1. The molecule has 2 heterocycles. The van der Waals surface area contributed by atoms with E-state index in [1.165, 1.54) is 18.9 Å². The standard InChI is InChI=1S/C19H18N2O4S/c1-11-15(18(23)24-2)9-13(25-11)10-26-19-20-16-6-4-3-5-14(16)17(22)21(19)12-7-8-12/h3-6,9,12H,7-8,10H2,1-2H3. The Kier molecular flexibility index (Phi) is 4.32. The molecule has 134 valence electrons. The van der Waals surface area contributed by atoms with Gasteiger partial charge in [0.15, 0.2) is 5.16 Å². The molecule has 1 aromatic carbocycles. The van der Waals surface area contributed by atoms with Gasteiger partial charge in [0.1, 0.15) is 17.1 Å². The summed E-state index contributed by atoms with van der Waals surface area (Å²) in [6.45, 7) is 1.73. The number of hydrogen-bond donors (Lipinski definition) is 0. The van der Waals surface area contributed by atoms with Crippen LogP contribution in [0.3, 0.4) is 0 Å². The minimum atomic E-state index is -0.416. The monoisotopic (exact) mass is 370 g/mol. The van der Waals surface area contributed by atoms with Gasteiger partial charge >= 0.3 is 5.97 Å². The number of ether oxygens (including phenoxy) is 1. The third-order valence-corrected chi connectivity index (χ3v) is 5.38. The van der Waals surface area contributed by atoms with E-state index in [9.17, 15) is 9.59 Å². The van der Waals surface area contributed by atoms with Crippen molar-refractivity contribution in [3.05, 3.63) is 57.8 Å². The first kappa shape index (κ1) is 16.9. The molecule has 6 nitrogen and oxygen atoms in total. The predicted molar refractivity (Wildman–Crippen MR) is 98.6 cm³/mol. The summed E-state index contributed by atoms with van der Waals surface area (Å²) in [5.74, 6) is 1.24. The molecule has 0 bridgehead atoms. The fraction of sp³-hybridized carbons (Fsp3) is 0.316. The van der Waals surface area contributed by atoms with Crippen molar-refractivity contribution in [2.45, 2.75) is 36.7 Å². The molecule has 4 rings (SSSR count). The minimum Gasteiger partial charge on any atom is -0.465 e. The lowest BCUT2D eigenvalue weighted by Crippen LogP contribution is -2.22. The molecule has 0 N–H and O–H groups in total. The third kappa shape index (κ3) is 3.03. The zero-order valence-electron chi connectivity index (χ0n) is 14.5. The molecule has 7 heteroatoms. The Morgan fingerprint density at radius 3 is 2.88 bits per heavy atom. The number of aryl methyl sites for hydroxylation is 1. The summed E-state index contributed by atoms with van der Waals surface area (Å²) < 4.78 is 12.2. The summed E-state index contributed by atoms with van der Waals surface area (Å²) in [5.41, 5.74) is 1.13. The Labute approximate surface area is 154 Å². The summed E-state index contributed by atoms with van der Waals surface area (Å²) in [6.07, 6.45) is 2.00. The van der Waals surface area contributed by atoms with E-state index in [-0.39, 0.29) is 11.6 Å². The lowest BCUT2D eigenvalue weighted by molar-refractivity contribution is 0.0599. The maximum absolute atomic E-state index is 12.9. The van der Waals surface area contributed by atoms with Crippen molar-refractivity contribution < 1.29 is 13.9 Å². The van der Waals surface area contributed by atoms with E-state index >= 15 is 0 Å². The highest BCUT2D eigenvalue weighted by atomic mass is 32.2. The van der Waals surface area contributed by atoms with Crippen LogP contribution in [0.4, 0.5) is 0 Å². The van der Waals surface area contributed by atoms with Gasteiger partial charge in [0, 0.05) is 6.04 Å². The van der Waals surface area contributed by atoms with Crippen LogP contribution in [0.1, 0.15) is 40.8 Å². The van der Waals surface area contributed by atoms with E-state index in [1.807, 2.05) is 24.3 Å². The molecule has 0 spiro atoms. The van der Waals surface area contributed by atoms with Crippen molar-refractivity contribution >= 4 is 28.6 Å². The lowest BCUT2D eigenvalue weighted by atomic mass is 10.2. The predicted octanol–water partition coefficient (Wildman–Crippen LogP) is 3.71. The van der Waals surface area contributed by atoms with Crippen molar-refractivity contribution in [1.82, 2.24) is 9.55 Å². The minimum absolute atomic E-state index is 0.00600. The summed E-state index contributed by atoms with van der Waals surface area (Å²) in [5, 5.41) is 1.33. The zero-order chi connectivity index (χ0) is 18.3. The maximum Gasteiger partial charge on any atom is 0.341 e. The molecule has 2 aromatic heterocycles. The fourth-order valence-electron chi connectivity index (χ4n) is 2.95. The van der Waals surface area contributed by atoms with Gasteiger partial charge in [-0.25, -0.2) is 9.78 Å². The maximum atomic E-state index is 12.9. The first-order valence-corrected chi connectivity index (χ1v) is 9.38. The Morgan fingerprint density at radius 2 is 2.15 bits per heavy atom. The summed E-state index contributed by atoms with van der Waals surface area (Å²) in [4.78, 5) is 29.3. The number of benzene rings is 1. The molecule has 0 unspecified atom stereocenters. The Balaban J connectivity index is 1.66. The number of methoxy groups -OCH3 is 1. The molecule has 0 aliphatic heterocycles. The van der Waals surface area contributed by atoms with Crippen LogP contribution in [0.25, 0.3) is 10.9 Å². The lowest BCUT2D eigenvalue weighted by Gasteiger charge is -2.11. The van der Waals surface area contributed by atoms with E-state index in [4.69, 9.17) is 9.15 Å². The SMILES string of the molecule is COC(=O)c1cc(CSc2nc3ccccc3c(=O)n2C2CC2)oc1C. The number of hydrogen-bond acceptors (Lipinski definition) is 6. The van der Waals surface area contributed by atoms with Crippen LogP contribution >= 0.6 is 11.8 Å². The molecule has 1 fully saturated rings. The van der Waals surface area contributed by atoms with Gasteiger partial charge in [0.2, 0.25) is 0 Å². The van der Waals surface area contributed by atoms with Crippen LogP contribution < -0.4 is 5.56 Å². The number of aromatic nitrogens is 2. The smallest absolute Gasteiger partial charge is 0.341 e. The molecule has 1 aliphatic carbocycles. The Morgan fingerprint density at radius 1 is 1.38 bits per heavy atom. The fourth-order valence-corrected chi connectivity index (χ4v) is 3.89. The van der Waals surface area contributed by atoms with Gasteiger partial charge in [-0.2, -0.15) is 0 Å². The van der Waals surface area contributed by atoms with Gasteiger partial charge in [-0.1, -0.05) is 23.9 Å². The number of furan rings is 1. The number of carbonyl (C=O) groups excluding carboxylic acids is 1. The molecule has 0 amide bonds. The molecule has 26 heavy (non-hydrogen) atoms. The number of nitrogens with zero attached hydrogens (tertiary/aromatic N) is 2. The van der Waals surface area contributed by atoms with Gasteiger partial charge in [-0.15, -0.1) is 0 Å². The van der Waals surface area contributed by atoms with Crippen molar-refractivity contribution in [3.8, 4) is 0 Å². The number of thioether (sulfide) groups is 1. The van der Waals surface area contributed by atoms with Gasteiger partial charge in [-0.05, 0) is 38.0 Å². The quantitative estimate of drug-likeness (QED) is 0.387. The molecule has 3 aromatic rings. The number of carbonyl (C=O) groups is 1. The first-order chi connectivity index (χ1) is 12.6. The van der Waals surface area contributed by atoms with Crippen molar-refractivity contribution in [2.24, 2.45) is 0 Å². The van der Waals surface area contributed by atoms with Crippen LogP contribution in [0, 0.1) is 6.92 Å². The van der Waals surface area contributed by atoms with E-state index in [0.717, 1.165) is 12.8 Å². The highest BCUT2D eigenvalue weighted by molar-refractivity contribution is 7.98. The normalized spacial score (nSPS) is 13.9. The van der Waals surface area contributed by atoms with Gasteiger partial charge in [-0.3, -0.25) is 9.36 Å². The number of rotatable bonds is 5. The van der Waals surface area contributed by atoms with Crippen LogP contribution in [-0.4, -0.2) is 22.6 Å². The average Bonchev–Trinajstić information content (AvgIpc) is 3.41. The molecule has 1 saturated carbocycles. The van der Waals surface area contributed by atoms with Crippen LogP contribution in [-0.2, 0) is 10.5 Å². The highest BCUT2D eigenvalue weighted by Gasteiger charge is 2.28. The van der Waals surface area contributed by atoms with Gasteiger partial charge in [0.05, 0.1) is 23.8 Å². The molecular formula is C19H18N2O4S. The van der Waals surface area contributed by atoms with E-state index in [1.54, 1.807) is 17.6 Å². The zero-order valence-corrected chi connectivity index (χ0v) is 15.3. The van der Waals surface area contributed by atoms with Crippen LogP contribution in [0.5, 0.6) is 0 Å². The highest BCUT2D eigenvalue weighted by Crippen LogP contribution is 2.37. The summed E-state index contributed by atoms with van der Waals surface area (Å²) in [6, 6.07) is 9.32. The third-order valence-electron chi connectivity index (χ3n) is 4.41. The second-order valence-electron chi connectivity index (χ2n) is 6.28. The number of fused-ring (bicyclic) bond motifs is 1. The van der Waals surface area contributed by atoms with Gasteiger partial charge in [0.25, 0.3) is 5.56 Å². The van der Waals surface area contributed by atoms with Crippen LogP contribution in [0.15, 0.2) is 44.7 Å². The second-order valence-corrected chi connectivity index (χ2v) is 7.22. The Bertz CT molecular complexity index is 1050. The molecule has 1 aliphatic rings. The van der Waals surface area contributed by atoms with Crippen molar-refractivity contribution in [3.63, 3.8) is 0 Å². The average molecular weight is 370 g/mol. The van der Waals surface area contributed by atoms with Gasteiger partial charge < -0.3 is 9.15 Å². The first-order valence-electron chi connectivity index (χ1n) is 8.40. The van der Waals surface area contributed by atoms with E-state index in [0.29, 0.717) is 38.9 Å². The topological polar surface area (TPSA) is 74.3 Å². The largest absolute Gasteiger partial charge is 0.465 e. The summed E-state index contributed by atoms with van der Waals surface area (Å²) in [7, 11) is 1.34. The Hall–Kier alpha value is -2.54. The van der Waals surface area contributed by atoms with Crippen molar-refractivity contribution in [2.75, 3.05) is 7.11 Å².